The van der Waals surface area contributed by atoms with Crippen LogP contribution in [-0.4, -0.2) is 18.9 Å². The van der Waals surface area contributed by atoms with E-state index in [1.807, 2.05) is 12.1 Å². The first-order valence-electron chi connectivity index (χ1n) is 8.39. The van der Waals surface area contributed by atoms with Crippen LogP contribution in [0.2, 0.25) is 0 Å². The summed E-state index contributed by atoms with van der Waals surface area (Å²) >= 11 is 0. The van der Waals surface area contributed by atoms with Gasteiger partial charge < -0.3 is 9.64 Å². The molecule has 0 saturated carbocycles. The molecular weight excluding hydrogens is 305 g/mol. The van der Waals surface area contributed by atoms with Gasteiger partial charge in [-0.1, -0.05) is 19.1 Å². The van der Waals surface area contributed by atoms with Gasteiger partial charge in [-0.3, -0.25) is 4.79 Å². The highest BCUT2D eigenvalue weighted by Crippen LogP contribution is 2.30. The van der Waals surface area contributed by atoms with Crippen molar-refractivity contribution in [1.82, 2.24) is 0 Å². The normalized spacial score (nSPS) is 13.5. The van der Waals surface area contributed by atoms with Gasteiger partial charge in [0.05, 0.1) is 17.9 Å². The van der Waals surface area contributed by atoms with Gasteiger partial charge in [0.15, 0.2) is 5.78 Å². The third kappa shape index (κ3) is 3.28. The Morgan fingerprint density at radius 1 is 1.25 bits per heavy atom. The zero-order chi connectivity index (χ0) is 17.1. The molecule has 0 amide bonds. The molecule has 0 aliphatic carbocycles. The second kappa shape index (κ2) is 7.04. The topological polar surface area (TPSA) is 29.5 Å². The van der Waals surface area contributed by atoms with Gasteiger partial charge >= 0.3 is 0 Å². The summed E-state index contributed by atoms with van der Waals surface area (Å²) in [5.41, 5.74) is 3.33. The second-order valence-electron chi connectivity index (χ2n) is 6.14. The average Bonchev–Trinajstić information content (AvgIpc) is 2.58. The molecule has 3 rings (SSSR count). The predicted molar refractivity (Wildman–Crippen MR) is 93.4 cm³/mol. The molecule has 0 bridgehead atoms. The highest BCUT2D eigenvalue weighted by Gasteiger charge is 2.22. The van der Waals surface area contributed by atoms with E-state index in [1.54, 1.807) is 6.07 Å². The molecule has 2 aromatic rings. The predicted octanol–water partition coefficient (Wildman–Crippen LogP) is 4.38. The van der Waals surface area contributed by atoms with Gasteiger partial charge in [-0.05, 0) is 55.2 Å². The van der Waals surface area contributed by atoms with Crippen molar-refractivity contribution in [2.75, 3.05) is 18.1 Å². The van der Waals surface area contributed by atoms with Gasteiger partial charge in [0.25, 0.3) is 0 Å². The molecule has 1 aliphatic rings. The molecule has 0 spiro atoms. The molecule has 1 aliphatic heterocycles. The maximum Gasteiger partial charge on any atom is 0.164 e. The van der Waals surface area contributed by atoms with Crippen LogP contribution in [0.25, 0.3) is 0 Å². The van der Waals surface area contributed by atoms with Gasteiger partial charge in [0, 0.05) is 13.1 Å². The van der Waals surface area contributed by atoms with Crippen molar-refractivity contribution in [3.63, 3.8) is 0 Å². The lowest BCUT2D eigenvalue weighted by molar-refractivity contribution is 0.101. The lowest BCUT2D eigenvalue weighted by Crippen LogP contribution is -2.31. The Balaban J connectivity index is 1.86. The van der Waals surface area contributed by atoms with Crippen LogP contribution in [0.4, 0.5) is 10.1 Å². The van der Waals surface area contributed by atoms with Crippen molar-refractivity contribution in [2.24, 2.45) is 0 Å². The number of carbonyl (C=O) groups is 1. The molecule has 1 heterocycles. The van der Waals surface area contributed by atoms with E-state index in [2.05, 4.69) is 24.0 Å². The van der Waals surface area contributed by atoms with Gasteiger partial charge in [0.1, 0.15) is 11.6 Å². The van der Waals surface area contributed by atoms with Crippen LogP contribution in [-0.2, 0) is 13.0 Å². The standard InChI is InChI=1S/C20H22FNO2/c1-3-11-24-17-8-7-16-13-22(10-9-15(16)12-17)19-6-4-5-18(21)20(19)14(2)23/h4-8,12H,3,9-11,13H2,1-2H3. The maximum absolute atomic E-state index is 14.1. The minimum Gasteiger partial charge on any atom is -0.494 e. The number of rotatable bonds is 5. The molecule has 0 saturated heterocycles. The van der Waals surface area contributed by atoms with E-state index in [-0.39, 0.29) is 11.3 Å². The number of hydrogen-bond acceptors (Lipinski definition) is 3. The number of carbonyl (C=O) groups excluding carboxylic acids is 1. The summed E-state index contributed by atoms with van der Waals surface area (Å²) in [6.07, 6.45) is 1.84. The first-order valence-corrected chi connectivity index (χ1v) is 8.39. The molecule has 0 N–H and O–H groups in total. The maximum atomic E-state index is 14.1. The average molecular weight is 327 g/mol. The highest BCUT2D eigenvalue weighted by atomic mass is 19.1. The summed E-state index contributed by atoms with van der Waals surface area (Å²) in [6, 6.07) is 11.0. The van der Waals surface area contributed by atoms with Gasteiger partial charge in [-0.15, -0.1) is 0 Å². The number of fused-ring (bicyclic) bond motifs is 1. The number of anilines is 1. The number of halogens is 1. The molecule has 0 atom stereocenters. The largest absolute Gasteiger partial charge is 0.494 e. The number of benzene rings is 2. The molecule has 126 valence electrons. The molecule has 0 unspecified atom stereocenters. The summed E-state index contributed by atoms with van der Waals surface area (Å²) in [4.78, 5) is 13.9. The van der Waals surface area contributed by atoms with E-state index in [9.17, 15) is 9.18 Å². The zero-order valence-corrected chi connectivity index (χ0v) is 14.1. The van der Waals surface area contributed by atoms with E-state index >= 15 is 0 Å². The molecule has 4 heteroatoms. The van der Waals surface area contributed by atoms with E-state index < -0.39 is 5.82 Å². The van der Waals surface area contributed by atoms with E-state index in [0.717, 1.165) is 31.7 Å². The number of nitrogens with zero attached hydrogens (tertiary/aromatic N) is 1. The zero-order valence-electron chi connectivity index (χ0n) is 14.1. The van der Waals surface area contributed by atoms with Crippen LogP contribution in [0.15, 0.2) is 36.4 Å². The molecule has 0 fully saturated rings. The number of ether oxygens (including phenoxy) is 1. The van der Waals surface area contributed by atoms with Crippen molar-refractivity contribution in [3.8, 4) is 5.75 Å². The van der Waals surface area contributed by atoms with Crippen molar-refractivity contribution in [2.45, 2.75) is 33.2 Å². The smallest absolute Gasteiger partial charge is 0.164 e. The van der Waals surface area contributed by atoms with Crippen LogP contribution in [0.1, 0.15) is 41.8 Å². The molecule has 0 aromatic heterocycles. The number of Topliss-reactive ketones (excluding diaryl/α,β-unsaturated/α-hetero) is 1. The van der Waals surface area contributed by atoms with Gasteiger partial charge in [0.2, 0.25) is 0 Å². The Labute approximate surface area is 142 Å². The first kappa shape index (κ1) is 16.5. The van der Waals surface area contributed by atoms with Crippen molar-refractivity contribution < 1.29 is 13.9 Å². The van der Waals surface area contributed by atoms with E-state index in [1.165, 1.54) is 24.1 Å². The number of ketones is 1. The fourth-order valence-corrected chi connectivity index (χ4v) is 3.17. The molecule has 0 radical (unpaired) electrons. The molecular formula is C20H22FNO2. The Morgan fingerprint density at radius 3 is 2.83 bits per heavy atom. The fraction of sp³-hybridized carbons (Fsp3) is 0.350. The van der Waals surface area contributed by atoms with Crippen LogP contribution in [0, 0.1) is 5.82 Å². The third-order valence-corrected chi connectivity index (χ3v) is 4.35. The van der Waals surface area contributed by atoms with Crippen LogP contribution in [0.5, 0.6) is 5.75 Å². The van der Waals surface area contributed by atoms with E-state index in [4.69, 9.17) is 4.74 Å². The fourth-order valence-electron chi connectivity index (χ4n) is 3.17. The second-order valence-corrected chi connectivity index (χ2v) is 6.14. The first-order chi connectivity index (χ1) is 11.6. The summed E-state index contributed by atoms with van der Waals surface area (Å²) in [7, 11) is 0. The lowest BCUT2D eigenvalue weighted by atomic mass is 9.97. The van der Waals surface area contributed by atoms with Crippen molar-refractivity contribution >= 4 is 11.5 Å². The van der Waals surface area contributed by atoms with Crippen LogP contribution >= 0.6 is 0 Å². The third-order valence-electron chi connectivity index (χ3n) is 4.35. The Bertz CT molecular complexity index is 757. The van der Waals surface area contributed by atoms with Gasteiger partial charge in [-0.25, -0.2) is 4.39 Å². The quantitative estimate of drug-likeness (QED) is 0.763. The number of hydrogen-bond donors (Lipinski definition) is 0. The Morgan fingerprint density at radius 2 is 2.08 bits per heavy atom. The molecule has 3 nitrogen and oxygen atoms in total. The SMILES string of the molecule is CCCOc1ccc2c(c1)CCN(c1cccc(F)c1C(C)=O)C2. The summed E-state index contributed by atoms with van der Waals surface area (Å²) in [5, 5.41) is 0. The Kier molecular flexibility index (Phi) is 4.84. The summed E-state index contributed by atoms with van der Waals surface area (Å²) in [5.74, 6) is 0.213. The van der Waals surface area contributed by atoms with Crippen LogP contribution < -0.4 is 9.64 Å². The monoisotopic (exact) mass is 327 g/mol. The van der Waals surface area contributed by atoms with E-state index in [0.29, 0.717) is 12.2 Å². The summed E-state index contributed by atoms with van der Waals surface area (Å²) < 4.78 is 19.8. The highest BCUT2D eigenvalue weighted by molar-refractivity contribution is 6.00. The minimum absolute atomic E-state index is 0.184. The van der Waals surface area contributed by atoms with Crippen molar-refractivity contribution in [1.29, 1.82) is 0 Å². The lowest BCUT2D eigenvalue weighted by Gasteiger charge is -2.32. The Hall–Kier alpha value is -2.36. The van der Waals surface area contributed by atoms with Crippen LogP contribution in [0.3, 0.4) is 0 Å². The molecule has 24 heavy (non-hydrogen) atoms. The molecule has 2 aromatic carbocycles. The van der Waals surface area contributed by atoms with Crippen molar-refractivity contribution in [3.05, 3.63) is 58.9 Å². The summed E-state index contributed by atoms with van der Waals surface area (Å²) in [6.45, 7) is 5.65. The minimum atomic E-state index is -0.450. The van der Waals surface area contributed by atoms with Gasteiger partial charge in [-0.2, -0.15) is 0 Å².